The van der Waals surface area contributed by atoms with Crippen LogP contribution in [-0.2, 0) is 0 Å². The molecule has 3 nitrogen and oxygen atoms in total. The van der Waals surface area contributed by atoms with E-state index in [9.17, 15) is 9.59 Å². The third-order valence-corrected chi connectivity index (χ3v) is 3.69. The highest BCUT2D eigenvalue weighted by molar-refractivity contribution is 6.54. The summed E-state index contributed by atoms with van der Waals surface area (Å²) < 4.78 is 0. The predicted molar refractivity (Wildman–Crippen MR) is 77.0 cm³/mol. The Morgan fingerprint density at radius 3 is 2.15 bits per heavy atom. The van der Waals surface area contributed by atoms with Crippen LogP contribution in [0.5, 0.6) is 0 Å². The lowest BCUT2D eigenvalue weighted by molar-refractivity contribution is 0.0947. The number of nitrogens with one attached hydrogen (secondary N) is 1. The molecule has 0 radical (unpaired) electrons. The van der Waals surface area contributed by atoms with Gasteiger partial charge < -0.3 is 5.41 Å². The minimum Gasteiger partial charge on any atom is -0.300 e. The van der Waals surface area contributed by atoms with Gasteiger partial charge in [0.2, 0.25) is 5.78 Å². The second-order valence-corrected chi connectivity index (χ2v) is 5.07. The number of fused-ring (bicyclic) bond motifs is 1. The molecule has 0 bridgehead atoms. The first-order valence-corrected chi connectivity index (χ1v) is 6.49. The Labute approximate surface area is 120 Å². The molecule has 0 aromatic heterocycles. The summed E-state index contributed by atoms with van der Waals surface area (Å²) in [4.78, 5) is 24.7. The van der Waals surface area contributed by atoms with Crippen LogP contribution >= 0.6 is 11.6 Å². The lowest BCUT2D eigenvalue weighted by Crippen LogP contribution is -2.34. The zero-order valence-corrected chi connectivity index (χ0v) is 11.1. The summed E-state index contributed by atoms with van der Waals surface area (Å²) >= 11 is 5.83. The van der Waals surface area contributed by atoms with E-state index in [0.29, 0.717) is 21.7 Å². The van der Waals surface area contributed by atoms with Gasteiger partial charge in [-0.2, -0.15) is 0 Å². The summed E-state index contributed by atoms with van der Waals surface area (Å²) in [5, 5.41) is 8.55. The zero-order valence-electron chi connectivity index (χ0n) is 10.4. The van der Waals surface area contributed by atoms with Crippen molar-refractivity contribution < 1.29 is 9.59 Å². The summed E-state index contributed by atoms with van der Waals surface area (Å²) in [6.07, 6.45) is 0. The molecule has 0 saturated heterocycles. The first kappa shape index (κ1) is 12.8. The maximum atomic E-state index is 12.5. The number of carbonyl (C=O) groups is 2. The van der Waals surface area contributed by atoms with Crippen LogP contribution in [0.3, 0.4) is 0 Å². The van der Waals surface area contributed by atoms with Gasteiger partial charge in [0.1, 0.15) is 0 Å². The van der Waals surface area contributed by atoms with Crippen LogP contribution in [0.4, 0.5) is 0 Å². The van der Waals surface area contributed by atoms with Crippen LogP contribution in [0.1, 0.15) is 32.2 Å². The van der Waals surface area contributed by atoms with Gasteiger partial charge in [0.25, 0.3) is 0 Å². The van der Waals surface area contributed by atoms with Gasteiger partial charge in [-0.15, -0.1) is 0 Å². The maximum absolute atomic E-state index is 12.5. The molecule has 0 heterocycles. The first-order valence-electron chi connectivity index (χ1n) is 6.11. The van der Waals surface area contributed by atoms with Crippen molar-refractivity contribution in [3.8, 4) is 0 Å². The summed E-state index contributed by atoms with van der Waals surface area (Å²) in [6.45, 7) is 0. The van der Waals surface area contributed by atoms with Crippen LogP contribution in [0.15, 0.2) is 48.5 Å². The van der Waals surface area contributed by atoms with Crippen molar-refractivity contribution in [2.75, 3.05) is 0 Å². The summed E-state index contributed by atoms with van der Waals surface area (Å²) in [6, 6.07) is 13.3. The number of halogens is 1. The van der Waals surface area contributed by atoms with Crippen LogP contribution in [0.2, 0.25) is 5.02 Å². The van der Waals surface area contributed by atoms with Gasteiger partial charge in [0.05, 0.1) is 11.6 Å². The van der Waals surface area contributed by atoms with Crippen molar-refractivity contribution in [1.82, 2.24) is 0 Å². The second-order valence-electron chi connectivity index (χ2n) is 4.64. The Morgan fingerprint density at radius 1 is 0.900 bits per heavy atom. The van der Waals surface area contributed by atoms with E-state index >= 15 is 0 Å². The fourth-order valence-electron chi connectivity index (χ4n) is 2.43. The van der Waals surface area contributed by atoms with Crippen molar-refractivity contribution in [2.45, 2.75) is 5.92 Å². The number of benzene rings is 2. The molecule has 1 atom stereocenters. The van der Waals surface area contributed by atoms with E-state index in [1.54, 1.807) is 48.5 Å². The maximum Gasteiger partial charge on any atom is 0.208 e. The van der Waals surface area contributed by atoms with Crippen molar-refractivity contribution in [2.24, 2.45) is 0 Å². The Hall–Kier alpha value is -2.26. The molecule has 2 aromatic rings. The lowest BCUT2D eigenvalue weighted by Gasteiger charge is -2.23. The van der Waals surface area contributed by atoms with E-state index in [1.807, 2.05) is 0 Å². The Morgan fingerprint density at radius 2 is 1.50 bits per heavy atom. The minimum atomic E-state index is -0.838. The molecule has 2 aromatic carbocycles. The second kappa shape index (κ2) is 4.69. The van der Waals surface area contributed by atoms with Gasteiger partial charge in [-0.3, -0.25) is 9.59 Å². The molecule has 0 amide bonds. The summed E-state index contributed by atoms with van der Waals surface area (Å²) in [7, 11) is 0. The minimum absolute atomic E-state index is 0.184. The quantitative estimate of drug-likeness (QED) is 0.870. The lowest BCUT2D eigenvalue weighted by atomic mass is 9.77. The molecule has 1 N–H and O–H groups in total. The topological polar surface area (TPSA) is 58.0 Å². The highest BCUT2D eigenvalue weighted by Crippen LogP contribution is 2.31. The molecule has 0 saturated carbocycles. The number of hydrogen-bond acceptors (Lipinski definition) is 3. The van der Waals surface area contributed by atoms with Gasteiger partial charge in [0.15, 0.2) is 5.78 Å². The van der Waals surface area contributed by atoms with Crippen LogP contribution in [0, 0.1) is 5.41 Å². The monoisotopic (exact) mass is 283 g/mol. The van der Waals surface area contributed by atoms with Gasteiger partial charge in [-0.05, 0) is 17.7 Å². The van der Waals surface area contributed by atoms with Crippen molar-refractivity contribution >= 4 is 28.9 Å². The predicted octanol–water partition coefficient (Wildman–Crippen LogP) is 3.52. The van der Waals surface area contributed by atoms with E-state index in [1.165, 1.54) is 0 Å². The molecule has 1 aliphatic rings. The van der Waals surface area contributed by atoms with E-state index in [4.69, 9.17) is 17.0 Å². The molecule has 98 valence electrons. The summed E-state index contributed by atoms with van der Waals surface area (Å²) in [5.41, 5.74) is 1.13. The number of carbonyl (C=O) groups excluding carboxylic acids is 2. The molecular weight excluding hydrogens is 274 g/mol. The Bertz CT molecular complexity index is 734. The van der Waals surface area contributed by atoms with Gasteiger partial charge in [0, 0.05) is 16.1 Å². The molecule has 4 heteroatoms. The third-order valence-electron chi connectivity index (χ3n) is 3.44. The van der Waals surface area contributed by atoms with E-state index in [0.717, 1.165) is 0 Å². The highest BCUT2D eigenvalue weighted by Gasteiger charge is 2.38. The number of hydrogen-bond donors (Lipinski definition) is 1. The van der Waals surface area contributed by atoms with Crippen molar-refractivity contribution in [3.05, 3.63) is 70.2 Å². The van der Waals surface area contributed by atoms with Crippen LogP contribution in [-0.4, -0.2) is 17.3 Å². The Kier molecular flexibility index (Phi) is 2.99. The molecule has 3 rings (SSSR count). The third kappa shape index (κ3) is 1.87. The van der Waals surface area contributed by atoms with Gasteiger partial charge >= 0.3 is 0 Å². The summed E-state index contributed by atoms with van der Waals surface area (Å²) in [5.74, 6) is -1.44. The van der Waals surface area contributed by atoms with Crippen LogP contribution in [0.25, 0.3) is 0 Å². The van der Waals surface area contributed by atoms with Crippen molar-refractivity contribution in [1.29, 1.82) is 5.41 Å². The average Bonchev–Trinajstić information content (AvgIpc) is 2.47. The molecule has 0 spiro atoms. The molecule has 0 aliphatic heterocycles. The normalized spacial score (nSPS) is 18.1. The Balaban J connectivity index is 2.14. The standard InChI is InChI=1S/C16H10ClNO2/c17-10-7-5-9(6-8-10)13-14(18)16(20)12-4-2-1-3-11(12)15(13)19/h1-8,13,18H/t13-/m0/s1. The smallest absolute Gasteiger partial charge is 0.208 e. The zero-order chi connectivity index (χ0) is 14.3. The highest BCUT2D eigenvalue weighted by atomic mass is 35.5. The fraction of sp³-hybridized carbons (Fsp3) is 0.0625. The van der Waals surface area contributed by atoms with Crippen molar-refractivity contribution in [3.63, 3.8) is 0 Å². The molecule has 1 aliphatic carbocycles. The average molecular weight is 284 g/mol. The molecule has 0 fully saturated rings. The number of Topliss-reactive ketones (excluding diaryl/α,β-unsaturated/α-hetero) is 2. The first-order chi connectivity index (χ1) is 9.59. The fourth-order valence-corrected chi connectivity index (χ4v) is 2.56. The number of ketones is 2. The SMILES string of the molecule is N=C1C(=O)c2ccccc2C(=O)[C@H]1c1ccc(Cl)cc1. The van der Waals surface area contributed by atoms with Gasteiger partial charge in [-0.25, -0.2) is 0 Å². The van der Waals surface area contributed by atoms with E-state index < -0.39 is 5.92 Å². The van der Waals surface area contributed by atoms with E-state index in [2.05, 4.69) is 0 Å². The van der Waals surface area contributed by atoms with E-state index in [-0.39, 0.29) is 17.3 Å². The molecule has 0 unspecified atom stereocenters. The molecular formula is C16H10ClNO2. The molecule has 20 heavy (non-hydrogen) atoms. The largest absolute Gasteiger partial charge is 0.300 e. The number of rotatable bonds is 1. The van der Waals surface area contributed by atoms with Crippen LogP contribution < -0.4 is 0 Å². The van der Waals surface area contributed by atoms with Gasteiger partial charge in [-0.1, -0.05) is 48.0 Å².